The number of aliphatic hydroxyl groups is 1. The van der Waals surface area contributed by atoms with Gasteiger partial charge in [0.15, 0.2) is 11.6 Å². The lowest BCUT2D eigenvalue weighted by atomic mass is 9.59. The highest BCUT2D eigenvalue weighted by molar-refractivity contribution is 6.24. The van der Waals surface area contributed by atoms with E-state index in [2.05, 4.69) is 0 Å². The zero-order chi connectivity index (χ0) is 28.6. The van der Waals surface area contributed by atoms with E-state index in [1.165, 1.54) is 11.0 Å². The summed E-state index contributed by atoms with van der Waals surface area (Å²) in [4.78, 5) is 66.0. The Morgan fingerprint density at radius 3 is 2.58 bits per heavy atom. The van der Waals surface area contributed by atoms with Crippen molar-refractivity contribution in [1.29, 1.82) is 0 Å². The minimum atomic E-state index is -0.873. The highest BCUT2D eigenvalue weighted by Crippen LogP contribution is 2.56. The number of carbonyl (C=O) groups excluding carboxylic acids is 4. The average Bonchev–Trinajstić information content (AvgIpc) is 3.18. The predicted molar refractivity (Wildman–Crippen MR) is 143 cm³/mol. The van der Waals surface area contributed by atoms with Gasteiger partial charge in [0, 0.05) is 41.2 Å². The summed E-state index contributed by atoms with van der Waals surface area (Å²) in [6.07, 6.45) is 5.53. The Balaban J connectivity index is 1.51. The van der Waals surface area contributed by atoms with E-state index in [0.29, 0.717) is 53.7 Å². The number of carbonyl (C=O) groups is 5. The van der Waals surface area contributed by atoms with Gasteiger partial charge in [-0.1, -0.05) is 36.3 Å². The molecule has 0 unspecified atom stereocenters. The molecule has 0 aromatic heterocycles. The first kappa shape index (κ1) is 27.7. The number of aliphatic carboxylic acids is 1. The molecule has 1 aromatic carbocycles. The van der Waals surface area contributed by atoms with Gasteiger partial charge in [0.1, 0.15) is 12.4 Å². The number of unbranched alkanes of at least 4 members (excludes halogenated alkanes) is 2. The van der Waals surface area contributed by atoms with Crippen molar-refractivity contribution < 1.29 is 38.9 Å². The predicted octanol–water partition coefficient (Wildman–Crippen LogP) is 3.13. The molecule has 2 amide bonds. The number of aliphatic hydroxyl groups excluding tert-OH is 1. The summed E-state index contributed by atoms with van der Waals surface area (Å²) < 4.78 is 5.83. The Labute approximate surface area is 232 Å². The second-order valence-corrected chi connectivity index (χ2v) is 10.9. The number of ether oxygens (including phenoxy) is 1. The van der Waals surface area contributed by atoms with Gasteiger partial charge in [0.2, 0.25) is 11.8 Å². The fraction of sp³-hybridized carbons (Fsp3) is 0.452. The van der Waals surface area contributed by atoms with E-state index in [4.69, 9.17) is 9.84 Å². The SMILES string of the molecule is CC1=CC(=O)C2=C(C1=O)[C@@H](c1ccccc1OCCO)C1=CC[C@@H]3C(=O)N(CCCCCC(=O)O)C(=O)[C@@H]3[C@@H]1C2. The lowest BCUT2D eigenvalue weighted by Crippen LogP contribution is -2.40. The van der Waals surface area contributed by atoms with Crippen molar-refractivity contribution in [3.63, 3.8) is 0 Å². The Morgan fingerprint density at radius 2 is 1.82 bits per heavy atom. The molecule has 0 bridgehead atoms. The molecule has 3 aliphatic carbocycles. The molecular weight excluding hydrogens is 514 g/mol. The third-order valence-electron chi connectivity index (χ3n) is 8.51. The van der Waals surface area contributed by atoms with Crippen molar-refractivity contribution in [3.8, 4) is 5.75 Å². The van der Waals surface area contributed by atoms with Crippen LogP contribution in [0.4, 0.5) is 0 Å². The fourth-order valence-electron chi connectivity index (χ4n) is 6.73. The van der Waals surface area contributed by atoms with Crippen molar-refractivity contribution in [1.82, 2.24) is 4.90 Å². The van der Waals surface area contributed by atoms with Gasteiger partial charge in [-0.3, -0.25) is 28.9 Å². The number of hydrogen-bond donors (Lipinski definition) is 2. The zero-order valence-corrected chi connectivity index (χ0v) is 22.4. The van der Waals surface area contributed by atoms with Crippen molar-refractivity contribution in [2.45, 2.75) is 51.4 Å². The second kappa shape index (κ2) is 11.3. The number of Topliss-reactive ketones (excluding diaryl/α,β-unsaturated/α-hetero) is 1. The maximum Gasteiger partial charge on any atom is 0.303 e. The van der Waals surface area contributed by atoms with Crippen molar-refractivity contribution >= 4 is 29.4 Å². The number of carboxylic acid groups (broad SMARTS) is 1. The molecule has 4 aliphatic rings. The van der Waals surface area contributed by atoms with E-state index in [1.807, 2.05) is 18.2 Å². The molecule has 5 rings (SSSR count). The second-order valence-electron chi connectivity index (χ2n) is 10.9. The number of hydrogen-bond acceptors (Lipinski definition) is 7. The number of imide groups is 1. The first-order chi connectivity index (χ1) is 19.2. The summed E-state index contributed by atoms with van der Waals surface area (Å²) in [5, 5.41) is 18.2. The Morgan fingerprint density at radius 1 is 1.05 bits per heavy atom. The summed E-state index contributed by atoms with van der Waals surface area (Å²) in [7, 11) is 0. The summed E-state index contributed by atoms with van der Waals surface area (Å²) in [5.74, 6) is -3.55. The lowest BCUT2D eigenvalue weighted by molar-refractivity contribution is -0.141. The van der Waals surface area contributed by atoms with Gasteiger partial charge < -0.3 is 14.9 Å². The molecule has 1 fully saturated rings. The Kier molecular flexibility index (Phi) is 7.85. The first-order valence-corrected chi connectivity index (χ1v) is 13.8. The molecule has 210 valence electrons. The van der Waals surface area contributed by atoms with Crippen molar-refractivity contribution in [2.75, 3.05) is 19.8 Å². The van der Waals surface area contributed by atoms with Crippen LogP contribution in [0.5, 0.6) is 5.75 Å². The minimum absolute atomic E-state index is 0.0471. The van der Waals surface area contributed by atoms with E-state index in [9.17, 15) is 29.1 Å². The fourth-order valence-corrected chi connectivity index (χ4v) is 6.73. The number of ketones is 2. The first-order valence-electron chi connectivity index (χ1n) is 13.8. The molecule has 1 aliphatic heterocycles. The summed E-state index contributed by atoms with van der Waals surface area (Å²) >= 11 is 0. The standard InChI is InChI=1S/C31H33NO8/c1-17-15-23(34)22-16-21-18(26(28(22)29(17)37)19-7-4-5-8-24(19)40-14-13-33)10-11-20-27(21)31(39)32(30(20)38)12-6-2-3-9-25(35)36/h4-5,7-8,10,15,20-21,26-27,33H,2-3,6,9,11-14,16H2,1H3,(H,35,36)/t20-,21+,26+,27-/m0/s1. The quantitative estimate of drug-likeness (QED) is 0.197. The smallest absolute Gasteiger partial charge is 0.303 e. The van der Waals surface area contributed by atoms with Crippen LogP contribution in [-0.2, 0) is 24.0 Å². The van der Waals surface area contributed by atoms with Crippen LogP contribution < -0.4 is 4.74 Å². The lowest BCUT2D eigenvalue weighted by Gasteiger charge is -2.42. The third kappa shape index (κ3) is 4.83. The van der Waals surface area contributed by atoms with Crippen LogP contribution in [0.25, 0.3) is 0 Å². The molecule has 2 N–H and O–H groups in total. The van der Waals surface area contributed by atoms with Gasteiger partial charge >= 0.3 is 5.97 Å². The molecule has 40 heavy (non-hydrogen) atoms. The number of para-hydroxylation sites is 1. The number of likely N-dealkylation sites (tertiary alicyclic amines) is 1. The number of carboxylic acids is 1. The largest absolute Gasteiger partial charge is 0.491 e. The highest BCUT2D eigenvalue weighted by Gasteiger charge is 2.56. The van der Waals surface area contributed by atoms with Crippen molar-refractivity contribution in [3.05, 3.63) is 64.3 Å². The molecule has 9 nitrogen and oxygen atoms in total. The van der Waals surface area contributed by atoms with E-state index in [1.54, 1.807) is 19.1 Å². The molecule has 0 saturated carbocycles. The van der Waals surface area contributed by atoms with Gasteiger partial charge in [0.25, 0.3) is 0 Å². The molecule has 0 spiro atoms. The van der Waals surface area contributed by atoms with E-state index < -0.39 is 29.6 Å². The topological polar surface area (TPSA) is 138 Å². The molecule has 4 atom stereocenters. The number of rotatable bonds is 10. The molecule has 0 radical (unpaired) electrons. The number of nitrogens with zero attached hydrogens (tertiary/aromatic N) is 1. The van der Waals surface area contributed by atoms with Crippen LogP contribution in [0, 0.1) is 17.8 Å². The van der Waals surface area contributed by atoms with Crippen LogP contribution in [0.2, 0.25) is 0 Å². The Hall–Kier alpha value is -3.85. The van der Waals surface area contributed by atoms with Gasteiger partial charge in [0.05, 0.1) is 18.4 Å². The molecule has 1 heterocycles. The van der Waals surface area contributed by atoms with Crippen LogP contribution >= 0.6 is 0 Å². The molecular formula is C31H33NO8. The number of amides is 2. The van der Waals surface area contributed by atoms with Crippen LogP contribution in [0.3, 0.4) is 0 Å². The molecule has 1 aromatic rings. The van der Waals surface area contributed by atoms with Crippen LogP contribution in [0.15, 0.2) is 58.7 Å². The van der Waals surface area contributed by atoms with Gasteiger partial charge in [-0.2, -0.15) is 0 Å². The summed E-state index contributed by atoms with van der Waals surface area (Å²) in [5.41, 5.74) is 2.67. The molecule has 9 heteroatoms. The van der Waals surface area contributed by atoms with E-state index >= 15 is 0 Å². The maximum atomic E-state index is 13.7. The van der Waals surface area contributed by atoms with E-state index in [-0.39, 0.29) is 56.0 Å². The monoisotopic (exact) mass is 547 g/mol. The van der Waals surface area contributed by atoms with Gasteiger partial charge in [-0.15, -0.1) is 0 Å². The van der Waals surface area contributed by atoms with Gasteiger partial charge in [-0.25, -0.2) is 0 Å². The van der Waals surface area contributed by atoms with Gasteiger partial charge in [-0.05, 0) is 50.7 Å². The maximum absolute atomic E-state index is 13.7. The Bertz CT molecular complexity index is 1370. The number of allylic oxidation sites excluding steroid dienone is 6. The third-order valence-corrected chi connectivity index (χ3v) is 8.51. The zero-order valence-electron chi connectivity index (χ0n) is 22.4. The normalized spacial score (nSPS) is 25.8. The summed E-state index contributed by atoms with van der Waals surface area (Å²) in [6, 6.07) is 7.22. The highest BCUT2D eigenvalue weighted by atomic mass is 16.5. The summed E-state index contributed by atoms with van der Waals surface area (Å²) in [6.45, 7) is 1.73. The number of fused-ring (bicyclic) bond motifs is 3. The number of benzene rings is 1. The minimum Gasteiger partial charge on any atom is -0.491 e. The van der Waals surface area contributed by atoms with E-state index in [0.717, 1.165) is 5.57 Å². The average molecular weight is 548 g/mol. The van der Waals surface area contributed by atoms with Crippen LogP contribution in [-0.4, -0.2) is 64.2 Å². The van der Waals surface area contributed by atoms with Crippen molar-refractivity contribution in [2.24, 2.45) is 17.8 Å². The molecule has 1 saturated heterocycles. The van der Waals surface area contributed by atoms with Crippen LogP contribution in [0.1, 0.15) is 56.9 Å².